The van der Waals surface area contributed by atoms with E-state index in [-0.39, 0.29) is 5.75 Å². The molecule has 1 aromatic heterocycles. The molecule has 3 aromatic rings. The van der Waals surface area contributed by atoms with Crippen LogP contribution in [0.5, 0.6) is 5.75 Å². The van der Waals surface area contributed by atoms with Gasteiger partial charge < -0.3 is 10.8 Å². The lowest BCUT2D eigenvalue weighted by atomic mass is 10.0. The number of nitrogen functional groups attached to an aromatic ring is 1. The van der Waals surface area contributed by atoms with Crippen LogP contribution in [0.25, 0.3) is 16.8 Å². The van der Waals surface area contributed by atoms with Crippen molar-refractivity contribution in [1.82, 2.24) is 9.78 Å². The number of aromatic nitrogens is 2. The van der Waals surface area contributed by atoms with Crippen molar-refractivity contribution in [1.29, 1.82) is 0 Å². The molecule has 1 heterocycles. The lowest BCUT2D eigenvalue weighted by Gasteiger charge is -2.08. The molecule has 3 N–H and O–H groups in total. The van der Waals surface area contributed by atoms with Crippen LogP contribution in [-0.2, 0) is 0 Å². The number of rotatable bonds is 2. The van der Waals surface area contributed by atoms with E-state index >= 15 is 0 Å². The van der Waals surface area contributed by atoms with Crippen molar-refractivity contribution in [2.45, 2.75) is 0 Å². The van der Waals surface area contributed by atoms with Gasteiger partial charge in [-0.1, -0.05) is 36.4 Å². The Hall–Kier alpha value is -2.75. The van der Waals surface area contributed by atoms with Crippen molar-refractivity contribution < 1.29 is 5.11 Å². The van der Waals surface area contributed by atoms with Crippen LogP contribution in [0.2, 0.25) is 0 Å². The molecule has 0 spiro atoms. The third-order valence-corrected chi connectivity index (χ3v) is 2.95. The zero-order chi connectivity index (χ0) is 13.2. The Morgan fingerprint density at radius 1 is 1.00 bits per heavy atom. The summed E-state index contributed by atoms with van der Waals surface area (Å²) in [5, 5.41) is 13.4. The molecule has 0 radical (unpaired) electrons. The number of hydrogen-bond donors (Lipinski definition) is 2. The Labute approximate surface area is 110 Å². The number of nitrogens with two attached hydrogens (primary N) is 1. The van der Waals surface area contributed by atoms with E-state index in [0.29, 0.717) is 5.69 Å². The van der Waals surface area contributed by atoms with E-state index < -0.39 is 0 Å². The molecule has 0 aliphatic heterocycles. The molecule has 0 amide bonds. The number of aromatic hydroxyl groups is 1. The van der Waals surface area contributed by atoms with E-state index in [1.165, 1.54) is 12.4 Å². The predicted octanol–water partition coefficient (Wildman–Crippen LogP) is 2.83. The standard InChI is InChI=1S/C15H13N3O/c16-14-7-6-12(11-4-2-1-3-5-11)8-15(14)18-10-13(19)9-17-18/h1-10,19H,16H2. The second-order valence-corrected chi connectivity index (χ2v) is 4.28. The van der Waals surface area contributed by atoms with Crippen molar-refractivity contribution in [3.05, 3.63) is 60.9 Å². The van der Waals surface area contributed by atoms with Gasteiger partial charge in [0.25, 0.3) is 0 Å². The van der Waals surface area contributed by atoms with Crippen molar-refractivity contribution >= 4 is 5.69 Å². The number of benzene rings is 2. The fraction of sp³-hybridized carbons (Fsp3) is 0. The zero-order valence-corrected chi connectivity index (χ0v) is 10.2. The Kier molecular flexibility index (Phi) is 2.68. The Morgan fingerprint density at radius 3 is 2.47 bits per heavy atom. The van der Waals surface area contributed by atoms with Crippen molar-refractivity contribution in [3.63, 3.8) is 0 Å². The van der Waals surface area contributed by atoms with E-state index in [2.05, 4.69) is 5.10 Å². The van der Waals surface area contributed by atoms with Gasteiger partial charge >= 0.3 is 0 Å². The van der Waals surface area contributed by atoms with Gasteiger partial charge in [-0.05, 0) is 23.3 Å². The van der Waals surface area contributed by atoms with Crippen molar-refractivity contribution in [2.75, 3.05) is 5.73 Å². The molecule has 3 rings (SSSR count). The fourth-order valence-electron chi connectivity index (χ4n) is 2.00. The van der Waals surface area contributed by atoms with E-state index in [9.17, 15) is 5.11 Å². The van der Waals surface area contributed by atoms with Crippen LogP contribution < -0.4 is 5.73 Å². The van der Waals surface area contributed by atoms with Gasteiger partial charge in [-0.3, -0.25) is 0 Å². The molecule has 94 valence electrons. The second kappa shape index (κ2) is 4.49. The maximum atomic E-state index is 9.37. The van der Waals surface area contributed by atoms with Gasteiger partial charge in [-0.2, -0.15) is 5.10 Å². The molecule has 0 saturated carbocycles. The third kappa shape index (κ3) is 2.15. The predicted molar refractivity (Wildman–Crippen MR) is 75.1 cm³/mol. The van der Waals surface area contributed by atoms with Gasteiger partial charge in [0.15, 0.2) is 5.75 Å². The summed E-state index contributed by atoms with van der Waals surface area (Å²) >= 11 is 0. The van der Waals surface area contributed by atoms with Crippen molar-refractivity contribution in [2.24, 2.45) is 0 Å². The van der Waals surface area contributed by atoms with Gasteiger partial charge in [0, 0.05) is 0 Å². The van der Waals surface area contributed by atoms with Crippen LogP contribution in [-0.4, -0.2) is 14.9 Å². The maximum Gasteiger partial charge on any atom is 0.153 e. The van der Waals surface area contributed by atoms with Crippen LogP contribution in [0, 0.1) is 0 Å². The molecule has 2 aromatic carbocycles. The molecule has 0 fully saturated rings. The summed E-state index contributed by atoms with van der Waals surface area (Å²) < 4.78 is 1.57. The van der Waals surface area contributed by atoms with Crippen LogP contribution in [0.3, 0.4) is 0 Å². The summed E-state index contributed by atoms with van der Waals surface area (Å²) in [6, 6.07) is 15.8. The largest absolute Gasteiger partial charge is 0.505 e. The SMILES string of the molecule is Nc1ccc(-c2ccccc2)cc1-n1cc(O)cn1. The maximum absolute atomic E-state index is 9.37. The van der Waals surface area contributed by atoms with E-state index in [4.69, 9.17) is 5.73 Å². The molecule has 0 unspecified atom stereocenters. The molecule has 0 bridgehead atoms. The highest BCUT2D eigenvalue weighted by Crippen LogP contribution is 2.26. The molecule has 0 aliphatic carbocycles. The minimum absolute atomic E-state index is 0.115. The quantitative estimate of drug-likeness (QED) is 0.688. The van der Waals surface area contributed by atoms with E-state index in [1.54, 1.807) is 4.68 Å². The molecular weight excluding hydrogens is 238 g/mol. The van der Waals surface area contributed by atoms with Gasteiger partial charge in [-0.15, -0.1) is 0 Å². The molecule has 0 atom stereocenters. The first kappa shape index (κ1) is 11.3. The van der Waals surface area contributed by atoms with Gasteiger partial charge in [0.2, 0.25) is 0 Å². The normalized spacial score (nSPS) is 10.5. The minimum atomic E-state index is 0.115. The first-order chi connectivity index (χ1) is 9.24. The monoisotopic (exact) mass is 251 g/mol. The Bertz CT molecular complexity index is 704. The fourth-order valence-corrected chi connectivity index (χ4v) is 2.00. The molecule has 4 nitrogen and oxygen atoms in total. The Morgan fingerprint density at radius 2 is 1.79 bits per heavy atom. The first-order valence-electron chi connectivity index (χ1n) is 5.93. The Balaban J connectivity index is 2.11. The summed E-state index contributed by atoms with van der Waals surface area (Å²) in [6.07, 6.45) is 2.91. The highest BCUT2D eigenvalue weighted by atomic mass is 16.3. The molecule has 4 heteroatoms. The minimum Gasteiger partial charge on any atom is -0.505 e. The average molecular weight is 251 g/mol. The number of nitrogens with zero attached hydrogens (tertiary/aromatic N) is 2. The first-order valence-corrected chi connectivity index (χ1v) is 5.93. The second-order valence-electron chi connectivity index (χ2n) is 4.28. The summed E-state index contributed by atoms with van der Waals surface area (Å²) in [6.45, 7) is 0. The summed E-state index contributed by atoms with van der Waals surface area (Å²) in [5.41, 5.74) is 9.50. The molecule has 0 saturated heterocycles. The van der Waals surface area contributed by atoms with Crippen LogP contribution >= 0.6 is 0 Å². The average Bonchev–Trinajstić information content (AvgIpc) is 2.87. The molecular formula is C15H13N3O. The van der Waals surface area contributed by atoms with Crippen LogP contribution in [0.15, 0.2) is 60.9 Å². The smallest absolute Gasteiger partial charge is 0.153 e. The van der Waals surface area contributed by atoms with Gasteiger partial charge in [0.1, 0.15) is 0 Å². The lowest BCUT2D eigenvalue weighted by molar-refractivity contribution is 0.475. The van der Waals surface area contributed by atoms with Gasteiger partial charge in [0.05, 0.1) is 23.8 Å². The molecule has 0 aliphatic rings. The van der Waals surface area contributed by atoms with E-state index in [0.717, 1.165) is 16.8 Å². The summed E-state index contributed by atoms with van der Waals surface area (Å²) in [4.78, 5) is 0. The lowest BCUT2D eigenvalue weighted by Crippen LogP contribution is -2.00. The summed E-state index contributed by atoms with van der Waals surface area (Å²) in [7, 11) is 0. The van der Waals surface area contributed by atoms with Crippen molar-refractivity contribution in [3.8, 4) is 22.6 Å². The topological polar surface area (TPSA) is 64.1 Å². The highest BCUT2D eigenvalue weighted by Gasteiger charge is 2.06. The third-order valence-electron chi connectivity index (χ3n) is 2.95. The van der Waals surface area contributed by atoms with Crippen LogP contribution in [0.4, 0.5) is 5.69 Å². The zero-order valence-electron chi connectivity index (χ0n) is 10.2. The summed E-state index contributed by atoms with van der Waals surface area (Å²) in [5.74, 6) is 0.115. The van der Waals surface area contributed by atoms with Gasteiger partial charge in [-0.25, -0.2) is 4.68 Å². The number of hydrogen-bond acceptors (Lipinski definition) is 3. The van der Waals surface area contributed by atoms with E-state index in [1.807, 2.05) is 48.5 Å². The van der Waals surface area contributed by atoms with Crippen LogP contribution in [0.1, 0.15) is 0 Å². The highest BCUT2D eigenvalue weighted by molar-refractivity contribution is 5.71. The number of anilines is 1. The molecule has 19 heavy (non-hydrogen) atoms.